The first kappa shape index (κ1) is 19.5. The molecular weight excluding hydrogens is 402 g/mol. The lowest BCUT2D eigenvalue weighted by molar-refractivity contribution is -0.115. The maximum Gasteiger partial charge on any atom is 0.230 e. The van der Waals surface area contributed by atoms with Gasteiger partial charge in [-0.15, -0.1) is 22.7 Å². The number of thiophene rings is 1. The van der Waals surface area contributed by atoms with Gasteiger partial charge in [0.25, 0.3) is 0 Å². The molecule has 6 nitrogen and oxygen atoms in total. The van der Waals surface area contributed by atoms with Crippen LogP contribution in [0.2, 0.25) is 0 Å². The van der Waals surface area contributed by atoms with E-state index in [2.05, 4.69) is 15.0 Å². The van der Waals surface area contributed by atoms with Crippen LogP contribution >= 0.6 is 22.7 Å². The van der Waals surface area contributed by atoms with Crippen LogP contribution in [0.25, 0.3) is 10.6 Å². The Morgan fingerprint density at radius 3 is 2.52 bits per heavy atom. The largest absolute Gasteiger partial charge is 0.302 e. The molecule has 142 valence electrons. The average molecular weight is 422 g/mol. The van der Waals surface area contributed by atoms with Gasteiger partial charge in [-0.2, -0.15) is 0 Å². The van der Waals surface area contributed by atoms with Crippen LogP contribution in [0.3, 0.4) is 0 Å². The van der Waals surface area contributed by atoms with Crippen molar-refractivity contribution < 1.29 is 13.2 Å². The number of amides is 1. The summed E-state index contributed by atoms with van der Waals surface area (Å²) in [5, 5.41) is 3.35. The summed E-state index contributed by atoms with van der Waals surface area (Å²) in [6, 6.07) is 10.9. The Morgan fingerprint density at radius 2 is 1.85 bits per heavy atom. The number of sulfonamides is 1. The molecule has 2 N–H and O–H groups in total. The van der Waals surface area contributed by atoms with Gasteiger partial charge >= 0.3 is 0 Å². The van der Waals surface area contributed by atoms with Crippen molar-refractivity contribution in [1.82, 2.24) is 4.98 Å². The molecule has 0 unspecified atom stereocenters. The van der Waals surface area contributed by atoms with Crippen molar-refractivity contribution in [3.63, 3.8) is 0 Å². The standard InChI is InChI=1S/C18H19N3O3S3/c1-11-8-9-15(25-11)17-12(2)26-18(20-17)19-16(22)10-13-6-4-5-7-14(13)21-27(3,23)24/h4-9,21H,10H2,1-3H3,(H,19,20,22). The molecule has 3 rings (SSSR count). The van der Waals surface area contributed by atoms with Crippen molar-refractivity contribution in [1.29, 1.82) is 0 Å². The van der Waals surface area contributed by atoms with Gasteiger partial charge in [0.2, 0.25) is 15.9 Å². The molecule has 0 atom stereocenters. The molecule has 0 radical (unpaired) electrons. The number of carbonyl (C=O) groups excluding carboxylic acids is 1. The molecule has 9 heteroatoms. The van der Waals surface area contributed by atoms with Crippen molar-refractivity contribution in [3.8, 4) is 10.6 Å². The fourth-order valence-corrected chi connectivity index (χ4v) is 4.97. The minimum Gasteiger partial charge on any atom is -0.302 e. The number of nitrogens with zero attached hydrogens (tertiary/aromatic N) is 1. The number of nitrogens with one attached hydrogen (secondary N) is 2. The third-order valence-electron chi connectivity index (χ3n) is 3.68. The van der Waals surface area contributed by atoms with Crippen LogP contribution in [0.15, 0.2) is 36.4 Å². The lowest BCUT2D eigenvalue weighted by atomic mass is 10.1. The summed E-state index contributed by atoms with van der Waals surface area (Å²) < 4.78 is 25.4. The third kappa shape index (κ3) is 5.15. The van der Waals surface area contributed by atoms with Gasteiger partial charge in [0, 0.05) is 9.75 Å². The molecule has 0 saturated heterocycles. The highest BCUT2D eigenvalue weighted by Crippen LogP contribution is 2.34. The van der Waals surface area contributed by atoms with E-state index in [1.165, 1.54) is 16.2 Å². The summed E-state index contributed by atoms with van der Waals surface area (Å²) in [7, 11) is -3.42. The third-order valence-corrected chi connectivity index (χ3v) is 6.16. The molecule has 0 saturated carbocycles. The maximum absolute atomic E-state index is 12.4. The van der Waals surface area contributed by atoms with Gasteiger partial charge in [0.15, 0.2) is 5.13 Å². The van der Waals surface area contributed by atoms with Crippen molar-refractivity contribution in [2.75, 3.05) is 16.3 Å². The van der Waals surface area contributed by atoms with Crippen molar-refractivity contribution in [3.05, 3.63) is 51.7 Å². The maximum atomic E-state index is 12.4. The van der Waals surface area contributed by atoms with Crippen LogP contribution in [-0.4, -0.2) is 25.6 Å². The quantitative estimate of drug-likeness (QED) is 0.629. The van der Waals surface area contributed by atoms with E-state index in [0.717, 1.165) is 21.7 Å². The molecule has 0 spiro atoms. The van der Waals surface area contributed by atoms with E-state index < -0.39 is 10.0 Å². The van der Waals surface area contributed by atoms with E-state index >= 15 is 0 Å². The Hall–Kier alpha value is -2.23. The van der Waals surface area contributed by atoms with Crippen LogP contribution < -0.4 is 10.0 Å². The van der Waals surface area contributed by atoms with Crippen molar-refractivity contribution in [2.24, 2.45) is 0 Å². The first-order valence-corrected chi connectivity index (χ1v) is 11.6. The van der Waals surface area contributed by atoms with Crippen molar-refractivity contribution in [2.45, 2.75) is 20.3 Å². The Labute approximate surface area is 166 Å². The zero-order valence-corrected chi connectivity index (χ0v) is 17.5. The summed E-state index contributed by atoms with van der Waals surface area (Å²) in [4.78, 5) is 20.3. The van der Waals surface area contributed by atoms with E-state index in [4.69, 9.17) is 0 Å². The number of aromatic nitrogens is 1. The molecule has 0 fully saturated rings. The van der Waals surface area contributed by atoms with Gasteiger partial charge in [0.05, 0.1) is 28.9 Å². The highest BCUT2D eigenvalue weighted by molar-refractivity contribution is 7.92. The summed E-state index contributed by atoms with van der Waals surface area (Å²) in [6.07, 6.45) is 1.13. The van der Waals surface area contributed by atoms with Gasteiger partial charge in [0.1, 0.15) is 0 Å². The first-order chi connectivity index (χ1) is 12.7. The number of hydrogen-bond donors (Lipinski definition) is 2. The molecule has 0 aliphatic heterocycles. The number of benzene rings is 1. The molecule has 1 amide bonds. The molecule has 0 aliphatic carbocycles. The fourth-order valence-electron chi connectivity index (χ4n) is 2.55. The highest BCUT2D eigenvalue weighted by atomic mass is 32.2. The van der Waals surface area contributed by atoms with Crippen LogP contribution in [0.5, 0.6) is 0 Å². The van der Waals surface area contributed by atoms with Crippen LogP contribution in [0.1, 0.15) is 15.3 Å². The van der Waals surface area contributed by atoms with E-state index in [9.17, 15) is 13.2 Å². The van der Waals surface area contributed by atoms with Gasteiger partial charge in [-0.3, -0.25) is 9.52 Å². The summed E-state index contributed by atoms with van der Waals surface area (Å²) >= 11 is 3.09. The molecular formula is C18H19N3O3S3. The number of thiazole rings is 1. The molecule has 3 aromatic rings. The SMILES string of the molecule is Cc1ccc(-c2nc(NC(=O)Cc3ccccc3NS(C)(=O)=O)sc2C)s1. The van der Waals surface area contributed by atoms with Crippen LogP contribution in [0.4, 0.5) is 10.8 Å². The summed E-state index contributed by atoms with van der Waals surface area (Å²) in [5.41, 5.74) is 1.88. The van der Waals surface area contributed by atoms with E-state index in [-0.39, 0.29) is 12.3 Å². The van der Waals surface area contributed by atoms with Crippen LogP contribution in [-0.2, 0) is 21.2 Å². The zero-order chi connectivity index (χ0) is 19.6. The molecule has 1 aromatic carbocycles. The monoisotopic (exact) mass is 421 g/mol. The predicted octanol–water partition coefficient (Wildman–Crippen LogP) is 4.04. The Morgan fingerprint density at radius 1 is 1.11 bits per heavy atom. The number of aryl methyl sites for hydroxylation is 2. The number of hydrogen-bond acceptors (Lipinski definition) is 6. The zero-order valence-electron chi connectivity index (χ0n) is 15.1. The number of rotatable bonds is 6. The van der Waals surface area contributed by atoms with Crippen LogP contribution in [0, 0.1) is 13.8 Å². The lowest BCUT2D eigenvalue weighted by Gasteiger charge is -2.10. The first-order valence-electron chi connectivity index (χ1n) is 8.11. The van der Waals surface area contributed by atoms with Gasteiger partial charge in [-0.1, -0.05) is 18.2 Å². The molecule has 0 aliphatic rings. The summed E-state index contributed by atoms with van der Waals surface area (Å²) in [5.74, 6) is -0.250. The Kier molecular flexibility index (Phi) is 5.64. The Balaban J connectivity index is 1.74. The van der Waals surface area contributed by atoms with E-state index in [1.54, 1.807) is 35.6 Å². The fraction of sp³-hybridized carbons (Fsp3) is 0.222. The molecule has 27 heavy (non-hydrogen) atoms. The molecule has 0 bridgehead atoms. The highest BCUT2D eigenvalue weighted by Gasteiger charge is 2.15. The second kappa shape index (κ2) is 7.79. The van der Waals surface area contributed by atoms with Gasteiger partial charge in [-0.05, 0) is 37.6 Å². The second-order valence-corrected chi connectivity index (χ2v) is 10.3. The predicted molar refractivity (Wildman–Crippen MR) is 112 cm³/mol. The number of carbonyl (C=O) groups is 1. The topological polar surface area (TPSA) is 88.2 Å². The normalized spacial score (nSPS) is 11.4. The number of anilines is 2. The lowest BCUT2D eigenvalue weighted by Crippen LogP contribution is -2.17. The second-order valence-electron chi connectivity index (χ2n) is 6.09. The van der Waals surface area contributed by atoms with Crippen molar-refractivity contribution >= 4 is 49.4 Å². The molecule has 2 aromatic heterocycles. The van der Waals surface area contributed by atoms with E-state index in [0.29, 0.717) is 16.4 Å². The minimum atomic E-state index is -3.42. The van der Waals surface area contributed by atoms with Gasteiger partial charge in [-0.25, -0.2) is 13.4 Å². The smallest absolute Gasteiger partial charge is 0.230 e. The minimum absolute atomic E-state index is 0.0464. The van der Waals surface area contributed by atoms with E-state index in [1.807, 2.05) is 26.0 Å². The number of para-hydroxylation sites is 1. The average Bonchev–Trinajstić information content (AvgIpc) is 3.13. The van der Waals surface area contributed by atoms with Gasteiger partial charge < -0.3 is 5.32 Å². The molecule has 2 heterocycles. The summed E-state index contributed by atoms with van der Waals surface area (Å²) in [6.45, 7) is 4.02. The Bertz CT molecular complexity index is 1080.